The third-order valence-electron chi connectivity index (χ3n) is 5.39. The van der Waals surface area contributed by atoms with E-state index in [0.29, 0.717) is 36.2 Å². The number of nitrogens with zero attached hydrogens (tertiary/aromatic N) is 3. The van der Waals surface area contributed by atoms with E-state index < -0.39 is 0 Å². The second-order valence-corrected chi connectivity index (χ2v) is 7.36. The quantitative estimate of drug-likeness (QED) is 0.567. The van der Waals surface area contributed by atoms with Crippen molar-refractivity contribution in [3.05, 3.63) is 59.9 Å². The molecular formula is C23H25N3O4. The van der Waals surface area contributed by atoms with Gasteiger partial charge < -0.3 is 18.9 Å². The van der Waals surface area contributed by atoms with Crippen molar-refractivity contribution in [1.29, 1.82) is 0 Å². The average Bonchev–Trinajstić information content (AvgIpc) is 3.41. The van der Waals surface area contributed by atoms with Gasteiger partial charge in [-0.25, -0.2) is 0 Å². The molecule has 4 rings (SSSR count). The van der Waals surface area contributed by atoms with Crippen LogP contribution in [0.4, 0.5) is 0 Å². The van der Waals surface area contributed by atoms with Gasteiger partial charge >= 0.3 is 0 Å². The van der Waals surface area contributed by atoms with Crippen LogP contribution in [-0.2, 0) is 11.2 Å². The third kappa shape index (κ3) is 4.30. The largest absolute Gasteiger partial charge is 0.493 e. The van der Waals surface area contributed by atoms with Gasteiger partial charge in [0.1, 0.15) is 0 Å². The molecule has 30 heavy (non-hydrogen) atoms. The van der Waals surface area contributed by atoms with Crippen LogP contribution in [0.15, 0.2) is 53.1 Å². The molecule has 1 aliphatic heterocycles. The maximum Gasteiger partial charge on any atom is 0.258 e. The minimum absolute atomic E-state index is 0.0492. The Morgan fingerprint density at radius 3 is 2.67 bits per heavy atom. The molecule has 156 valence electrons. The van der Waals surface area contributed by atoms with Gasteiger partial charge in [-0.2, -0.15) is 4.98 Å². The molecular weight excluding hydrogens is 382 g/mol. The zero-order valence-electron chi connectivity index (χ0n) is 17.2. The number of ether oxygens (including phenoxy) is 2. The Labute approximate surface area is 175 Å². The second-order valence-electron chi connectivity index (χ2n) is 7.36. The number of carbonyl (C=O) groups is 1. The number of aromatic nitrogens is 2. The summed E-state index contributed by atoms with van der Waals surface area (Å²) in [4.78, 5) is 18.9. The van der Waals surface area contributed by atoms with Crippen LogP contribution < -0.4 is 9.47 Å². The summed E-state index contributed by atoms with van der Waals surface area (Å²) < 4.78 is 16.1. The van der Waals surface area contributed by atoms with Gasteiger partial charge in [-0.15, -0.1) is 0 Å². The van der Waals surface area contributed by atoms with Crippen LogP contribution in [0.5, 0.6) is 11.5 Å². The highest BCUT2D eigenvalue weighted by Crippen LogP contribution is 2.33. The minimum atomic E-state index is -0.0492. The molecule has 0 N–H and O–H groups in total. The summed E-state index contributed by atoms with van der Waals surface area (Å²) >= 11 is 0. The lowest BCUT2D eigenvalue weighted by Gasteiger charge is -2.15. The van der Waals surface area contributed by atoms with Crippen molar-refractivity contribution >= 4 is 5.91 Å². The highest BCUT2D eigenvalue weighted by Gasteiger charge is 2.33. The van der Waals surface area contributed by atoms with E-state index in [0.717, 1.165) is 24.9 Å². The molecule has 7 nitrogen and oxygen atoms in total. The normalized spacial score (nSPS) is 16.1. The topological polar surface area (TPSA) is 77.7 Å². The van der Waals surface area contributed by atoms with Crippen molar-refractivity contribution in [3.63, 3.8) is 0 Å². The molecule has 0 radical (unpaired) electrons. The summed E-state index contributed by atoms with van der Waals surface area (Å²) in [5, 5.41) is 4.13. The predicted molar refractivity (Wildman–Crippen MR) is 112 cm³/mol. The molecule has 1 unspecified atom stereocenters. The van der Waals surface area contributed by atoms with Gasteiger partial charge in [0.05, 0.1) is 14.2 Å². The molecule has 0 bridgehead atoms. The van der Waals surface area contributed by atoms with Gasteiger partial charge in [0.2, 0.25) is 5.91 Å². The van der Waals surface area contributed by atoms with Crippen LogP contribution in [0.2, 0.25) is 0 Å². The fourth-order valence-corrected chi connectivity index (χ4v) is 3.77. The van der Waals surface area contributed by atoms with E-state index in [4.69, 9.17) is 14.0 Å². The van der Waals surface area contributed by atoms with Gasteiger partial charge in [0.15, 0.2) is 17.3 Å². The molecule has 0 aliphatic carbocycles. The first-order valence-electron chi connectivity index (χ1n) is 10.1. The van der Waals surface area contributed by atoms with Gasteiger partial charge in [-0.05, 0) is 36.6 Å². The van der Waals surface area contributed by atoms with Crippen molar-refractivity contribution < 1.29 is 18.8 Å². The monoisotopic (exact) mass is 407 g/mol. The number of carbonyl (C=O) groups excluding carboxylic acids is 1. The average molecular weight is 407 g/mol. The van der Waals surface area contributed by atoms with E-state index in [9.17, 15) is 4.79 Å². The molecule has 1 amide bonds. The van der Waals surface area contributed by atoms with Crippen LogP contribution in [0, 0.1) is 0 Å². The number of hydrogen-bond donors (Lipinski definition) is 0. The summed E-state index contributed by atoms with van der Waals surface area (Å²) in [6.45, 7) is 1.36. The molecule has 7 heteroatoms. The lowest BCUT2D eigenvalue weighted by Crippen LogP contribution is -2.26. The Bertz CT molecular complexity index is 1000. The molecule has 1 saturated heterocycles. The van der Waals surface area contributed by atoms with E-state index in [-0.39, 0.29) is 11.8 Å². The summed E-state index contributed by atoms with van der Waals surface area (Å²) in [5.74, 6) is 2.29. The van der Waals surface area contributed by atoms with Gasteiger partial charge in [-0.3, -0.25) is 4.79 Å². The van der Waals surface area contributed by atoms with E-state index in [2.05, 4.69) is 22.3 Å². The summed E-state index contributed by atoms with van der Waals surface area (Å²) in [6.07, 6.45) is 2.31. The summed E-state index contributed by atoms with van der Waals surface area (Å²) in [6, 6.07) is 15.8. The fraction of sp³-hybridized carbons (Fsp3) is 0.348. The Morgan fingerprint density at radius 2 is 1.90 bits per heavy atom. The van der Waals surface area contributed by atoms with E-state index in [1.165, 1.54) is 5.56 Å². The van der Waals surface area contributed by atoms with E-state index >= 15 is 0 Å². The van der Waals surface area contributed by atoms with Crippen LogP contribution >= 0.6 is 0 Å². The van der Waals surface area contributed by atoms with Crippen molar-refractivity contribution in [2.45, 2.75) is 25.2 Å². The molecule has 1 aliphatic rings. The van der Waals surface area contributed by atoms with Gasteiger partial charge in [-0.1, -0.05) is 35.5 Å². The molecule has 1 atom stereocenters. The number of hydrogen-bond acceptors (Lipinski definition) is 6. The summed E-state index contributed by atoms with van der Waals surface area (Å²) in [5.41, 5.74) is 2.04. The van der Waals surface area contributed by atoms with Crippen LogP contribution in [0.25, 0.3) is 11.5 Å². The van der Waals surface area contributed by atoms with Crippen LogP contribution in [0.3, 0.4) is 0 Å². The Hall–Kier alpha value is -3.35. The third-order valence-corrected chi connectivity index (χ3v) is 5.39. The molecule has 0 saturated carbocycles. The number of likely N-dealkylation sites (tertiary alicyclic amines) is 1. The molecule has 1 fully saturated rings. The fourth-order valence-electron chi connectivity index (χ4n) is 3.77. The molecule has 1 aromatic heterocycles. The number of methoxy groups -OCH3 is 2. The van der Waals surface area contributed by atoms with Gasteiger partial charge in [0, 0.05) is 31.0 Å². The first kappa shape index (κ1) is 19.9. The number of rotatable bonds is 8. The van der Waals surface area contributed by atoms with E-state index in [1.807, 2.05) is 29.2 Å². The molecule has 2 aromatic carbocycles. The summed E-state index contributed by atoms with van der Waals surface area (Å²) in [7, 11) is 3.17. The highest BCUT2D eigenvalue weighted by molar-refractivity contribution is 5.79. The number of benzene rings is 2. The smallest absolute Gasteiger partial charge is 0.258 e. The minimum Gasteiger partial charge on any atom is -0.493 e. The van der Waals surface area contributed by atoms with Crippen LogP contribution in [-0.4, -0.2) is 48.3 Å². The Balaban J connectivity index is 1.38. The standard InChI is InChI=1S/C23H25N3O4/c1-28-19-11-10-17(13-20(19)29-2)23-24-22(25-30-23)18-14-21(27)26(15-18)12-6-9-16-7-4-3-5-8-16/h3-5,7-8,10-11,13,18H,6,9,12,14-15H2,1-2H3. The Kier molecular flexibility index (Phi) is 5.97. The highest BCUT2D eigenvalue weighted by atomic mass is 16.5. The first-order chi connectivity index (χ1) is 14.7. The molecule has 2 heterocycles. The lowest BCUT2D eigenvalue weighted by atomic mass is 10.1. The van der Waals surface area contributed by atoms with Crippen molar-refractivity contribution in [2.75, 3.05) is 27.3 Å². The first-order valence-corrected chi connectivity index (χ1v) is 10.1. The maximum atomic E-state index is 12.4. The van der Waals surface area contributed by atoms with Crippen LogP contribution in [0.1, 0.15) is 30.1 Å². The SMILES string of the molecule is COc1ccc(-c2nc(C3CC(=O)N(CCCc4ccccc4)C3)no2)cc1OC. The maximum absolute atomic E-state index is 12.4. The van der Waals surface area contributed by atoms with Crippen molar-refractivity contribution in [1.82, 2.24) is 15.0 Å². The van der Waals surface area contributed by atoms with Crippen molar-refractivity contribution in [3.8, 4) is 23.0 Å². The molecule has 0 spiro atoms. The number of aryl methyl sites for hydroxylation is 1. The Morgan fingerprint density at radius 1 is 1.10 bits per heavy atom. The van der Waals surface area contributed by atoms with Gasteiger partial charge in [0.25, 0.3) is 5.89 Å². The predicted octanol–water partition coefficient (Wildman–Crippen LogP) is 3.70. The lowest BCUT2D eigenvalue weighted by molar-refractivity contribution is -0.127. The number of amides is 1. The van der Waals surface area contributed by atoms with Crippen molar-refractivity contribution in [2.24, 2.45) is 0 Å². The zero-order chi connectivity index (χ0) is 20.9. The van der Waals surface area contributed by atoms with E-state index in [1.54, 1.807) is 26.4 Å². The zero-order valence-corrected chi connectivity index (χ0v) is 17.2. The second kappa shape index (κ2) is 8.98. The molecule has 3 aromatic rings.